The second-order valence-electron chi connectivity index (χ2n) is 4.06. The summed E-state index contributed by atoms with van der Waals surface area (Å²) in [4.78, 5) is 30.6. The number of hydrogen-bond donors (Lipinski definition) is 2. The summed E-state index contributed by atoms with van der Waals surface area (Å²) < 4.78 is 0. The molecule has 102 valence electrons. The number of nitrogens with one attached hydrogen (secondary N) is 1. The predicted octanol–water partition coefficient (Wildman–Crippen LogP) is 0.730. The van der Waals surface area contributed by atoms with E-state index in [2.05, 4.69) is 15.3 Å². The number of rotatable bonds is 4. The monoisotopic (exact) mass is 271 g/mol. The molecule has 0 aliphatic heterocycles. The van der Waals surface area contributed by atoms with E-state index in [1.54, 1.807) is 24.4 Å². The number of amides is 1. The number of nitrogens with zero attached hydrogens (tertiary/aromatic N) is 2. The Morgan fingerprint density at radius 2 is 2.15 bits per heavy atom. The number of aldehydes is 1. The lowest BCUT2D eigenvalue weighted by atomic mass is 10.1. The lowest BCUT2D eigenvalue weighted by Gasteiger charge is -2.11. The normalized spacial score (nSPS) is 11.7. The molecule has 0 bridgehead atoms. The minimum Gasteiger partial charge on any atom is -0.380 e. The SMILES string of the molecule is CNC(=O)c1cc(C=O)cc(C(O)c2ccccn2)n1. The maximum atomic E-state index is 11.6. The number of pyridine rings is 2. The minimum atomic E-state index is -1.10. The molecule has 0 radical (unpaired) electrons. The standard InChI is InChI=1S/C14H13N3O3/c1-15-14(20)12-7-9(8-18)6-11(17-12)13(19)10-4-2-3-5-16-10/h2-8,13,19H,1H3,(H,15,20). The van der Waals surface area contributed by atoms with Gasteiger partial charge in [0.2, 0.25) is 0 Å². The first kappa shape index (κ1) is 13.8. The van der Waals surface area contributed by atoms with E-state index in [0.717, 1.165) is 0 Å². The summed E-state index contributed by atoms with van der Waals surface area (Å²) in [6.45, 7) is 0. The third-order valence-electron chi connectivity index (χ3n) is 2.71. The number of aromatic nitrogens is 2. The second kappa shape index (κ2) is 6.03. The highest BCUT2D eigenvalue weighted by Gasteiger charge is 2.17. The molecule has 2 heterocycles. The number of aliphatic hydroxyl groups excluding tert-OH is 1. The highest BCUT2D eigenvalue weighted by Crippen LogP contribution is 2.19. The number of carbonyl (C=O) groups excluding carboxylic acids is 2. The molecule has 0 saturated carbocycles. The van der Waals surface area contributed by atoms with Crippen LogP contribution in [0.4, 0.5) is 0 Å². The Labute approximate surface area is 115 Å². The van der Waals surface area contributed by atoms with Gasteiger partial charge in [-0.25, -0.2) is 4.98 Å². The van der Waals surface area contributed by atoms with E-state index in [-0.39, 0.29) is 17.0 Å². The maximum absolute atomic E-state index is 11.6. The Morgan fingerprint density at radius 3 is 2.75 bits per heavy atom. The van der Waals surface area contributed by atoms with Gasteiger partial charge < -0.3 is 10.4 Å². The van der Waals surface area contributed by atoms with Crippen molar-refractivity contribution in [3.63, 3.8) is 0 Å². The van der Waals surface area contributed by atoms with Crippen LogP contribution in [0.5, 0.6) is 0 Å². The molecule has 6 nitrogen and oxygen atoms in total. The third-order valence-corrected chi connectivity index (χ3v) is 2.71. The van der Waals surface area contributed by atoms with Gasteiger partial charge in [-0.1, -0.05) is 6.07 Å². The van der Waals surface area contributed by atoms with Crippen LogP contribution >= 0.6 is 0 Å². The van der Waals surface area contributed by atoms with E-state index in [1.807, 2.05) is 0 Å². The molecule has 0 spiro atoms. The molecule has 0 aliphatic rings. The summed E-state index contributed by atoms with van der Waals surface area (Å²) in [7, 11) is 1.46. The van der Waals surface area contributed by atoms with Crippen molar-refractivity contribution in [2.75, 3.05) is 7.05 Å². The summed E-state index contributed by atoms with van der Waals surface area (Å²) in [6, 6.07) is 7.88. The first-order valence-electron chi connectivity index (χ1n) is 5.94. The first-order chi connectivity index (χ1) is 9.65. The molecular formula is C14H13N3O3. The molecule has 0 aliphatic carbocycles. The molecule has 2 aromatic rings. The smallest absolute Gasteiger partial charge is 0.269 e. The first-order valence-corrected chi connectivity index (χ1v) is 5.94. The molecule has 2 N–H and O–H groups in total. The summed E-state index contributed by atoms with van der Waals surface area (Å²) >= 11 is 0. The maximum Gasteiger partial charge on any atom is 0.269 e. The Bertz CT molecular complexity index is 629. The average Bonchev–Trinajstić information content (AvgIpc) is 2.53. The van der Waals surface area contributed by atoms with Crippen LogP contribution in [-0.4, -0.2) is 34.3 Å². The van der Waals surface area contributed by atoms with Crippen molar-refractivity contribution in [1.29, 1.82) is 0 Å². The Hall–Kier alpha value is -2.60. The molecular weight excluding hydrogens is 258 g/mol. The van der Waals surface area contributed by atoms with Crippen LogP contribution in [0.3, 0.4) is 0 Å². The van der Waals surface area contributed by atoms with Crippen LogP contribution in [0, 0.1) is 0 Å². The van der Waals surface area contributed by atoms with E-state index < -0.39 is 12.0 Å². The molecule has 0 saturated heterocycles. The summed E-state index contributed by atoms with van der Waals surface area (Å²) in [5.41, 5.74) is 0.934. The zero-order valence-corrected chi connectivity index (χ0v) is 10.8. The van der Waals surface area contributed by atoms with Crippen molar-refractivity contribution < 1.29 is 14.7 Å². The molecule has 1 unspecified atom stereocenters. The Morgan fingerprint density at radius 1 is 1.35 bits per heavy atom. The van der Waals surface area contributed by atoms with E-state index in [0.29, 0.717) is 12.0 Å². The second-order valence-corrected chi connectivity index (χ2v) is 4.06. The molecule has 20 heavy (non-hydrogen) atoms. The zero-order chi connectivity index (χ0) is 14.5. The lowest BCUT2D eigenvalue weighted by molar-refractivity contribution is 0.0957. The van der Waals surface area contributed by atoms with Crippen LogP contribution in [0.15, 0.2) is 36.5 Å². The quantitative estimate of drug-likeness (QED) is 0.800. The molecule has 2 rings (SSSR count). The largest absolute Gasteiger partial charge is 0.380 e. The van der Waals surface area contributed by atoms with Gasteiger partial charge in [0.05, 0.1) is 11.4 Å². The van der Waals surface area contributed by atoms with Crippen molar-refractivity contribution in [2.24, 2.45) is 0 Å². The molecule has 0 aromatic carbocycles. The van der Waals surface area contributed by atoms with Crippen molar-refractivity contribution in [3.8, 4) is 0 Å². The van der Waals surface area contributed by atoms with E-state index >= 15 is 0 Å². The van der Waals surface area contributed by atoms with Gasteiger partial charge in [0.1, 0.15) is 18.1 Å². The summed E-state index contributed by atoms with van der Waals surface area (Å²) in [5.74, 6) is -0.428. The number of carbonyl (C=O) groups is 2. The van der Waals surface area contributed by atoms with Crippen molar-refractivity contribution in [3.05, 3.63) is 59.2 Å². The zero-order valence-electron chi connectivity index (χ0n) is 10.8. The van der Waals surface area contributed by atoms with Crippen LogP contribution in [0.2, 0.25) is 0 Å². The van der Waals surface area contributed by atoms with Gasteiger partial charge in [0.15, 0.2) is 0 Å². The number of aliphatic hydroxyl groups is 1. The highest BCUT2D eigenvalue weighted by molar-refractivity contribution is 5.93. The third kappa shape index (κ3) is 2.86. The predicted molar refractivity (Wildman–Crippen MR) is 71.3 cm³/mol. The minimum absolute atomic E-state index is 0.0714. The van der Waals surface area contributed by atoms with E-state index in [1.165, 1.54) is 19.2 Å². The molecule has 1 atom stereocenters. The summed E-state index contributed by atoms with van der Waals surface area (Å²) in [6.07, 6.45) is 1.05. The molecule has 0 fully saturated rings. The average molecular weight is 271 g/mol. The molecule has 2 aromatic heterocycles. The van der Waals surface area contributed by atoms with Crippen molar-refractivity contribution >= 4 is 12.2 Å². The Kier molecular flexibility index (Phi) is 4.17. The van der Waals surface area contributed by atoms with Crippen LogP contribution < -0.4 is 5.32 Å². The van der Waals surface area contributed by atoms with Gasteiger partial charge in [-0.3, -0.25) is 14.6 Å². The van der Waals surface area contributed by atoms with Crippen LogP contribution in [0.25, 0.3) is 0 Å². The fourth-order valence-electron chi connectivity index (χ4n) is 1.72. The lowest BCUT2D eigenvalue weighted by Crippen LogP contribution is -2.20. The van der Waals surface area contributed by atoms with Gasteiger partial charge in [-0.05, 0) is 24.3 Å². The van der Waals surface area contributed by atoms with Gasteiger partial charge in [0, 0.05) is 18.8 Å². The molecule has 6 heteroatoms. The fraction of sp³-hybridized carbons (Fsp3) is 0.143. The molecule has 1 amide bonds. The van der Waals surface area contributed by atoms with E-state index in [4.69, 9.17) is 0 Å². The van der Waals surface area contributed by atoms with Gasteiger partial charge in [-0.15, -0.1) is 0 Å². The van der Waals surface area contributed by atoms with E-state index in [9.17, 15) is 14.7 Å². The van der Waals surface area contributed by atoms with Crippen molar-refractivity contribution in [1.82, 2.24) is 15.3 Å². The van der Waals surface area contributed by atoms with Gasteiger partial charge in [0.25, 0.3) is 5.91 Å². The van der Waals surface area contributed by atoms with Crippen LogP contribution in [-0.2, 0) is 0 Å². The van der Waals surface area contributed by atoms with Crippen LogP contribution in [0.1, 0.15) is 38.3 Å². The Balaban J connectivity index is 2.45. The fourth-order valence-corrected chi connectivity index (χ4v) is 1.72. The van der Waals surface area contributed by atoms with Crippen molar-refractivity contribution in [2.45, 2.75) is 6.10 Å². The highest BCUT2D eigenvalue weighted by atomic mass is 16.3. The topological polar surface area (TPSA) is 92.2 Å². The van der Waals surface area contributed by atoms with Gasteiger partial charge >= 0.3 is 0 Å². The summed E-state index contributed by atoms with van der Waals surface area (Å²) in [5, 5.41) is 12.6. The number of hydrogen-bond acceptors (Lipinski definition) is 5. The van der Waals surface area contributed by atoms with Gasteiger partial charge in [-0.2, -0.15) is 0 Å².